The van der Waals surface area contributed by atoms with Crippen LogP contribution in [0.4, 0.5) is 5.69 Å². The predicted molar refractivity (Wildman–Crippen MR) is 76.2 cm³/mol. The molecule has 0 spiro atoms. The summed E-state index contributed by atoms with van der Waals surface area (Å²) < 4.78 is 0. The summed E-state index contributed by atoms with van der Waals surface area (Å²) in [5, 5.41) is 2.96. The van der Waals surface area contributed by atoms with Gasteiger partial charge in [-0.1, -0.05) is 20.3 Å². The van der Waals surface area contributed by atoms with Crippen molar-refractivity contribution in [1.82, 2.24) is 0 Å². The summed E-state index contributed by atoms with van der Waals surface area (Å²) in [6.07, 6.45) is 3.19. The van der Waals surface area contributed by atoms with Crippen molar-refractivity contribution in [2.24, 2.45) is 11.3 Å². The Labute approximate surface area is 114 Å². The lowest BCUT2D eigenvalue weighted by Crippen LogP contribution is -2.30. The van der Waals surface area contributed by atoms with E-state index in [2.05, 4.69) is 19.2 Å². The van der Waals surface area contributed by atoms with Crippen LogP contribution in [0.3, 0.4) is 0 Å². The second kappa shape index (κ2) is 5.16. The molecule has 1 unspecified atom stereocenters. The van der Waals surface area contributed by atoms with Crippen LogP contribution in [-0.2, 0) is 4.79 Å². The zero-order valence-electron chi connectivity index (χ0n) is 11.8. The first-order valence-electron chi connectivity index (χ1n) is 6.82. The molecule has 0 bridgehead atoms. The number of nitrogens with one attached hydrogen (secondary N) is 1. The van der Waals surface area contributed by atoms with Crippen LogP contribution in [0, 0.1) is 11.3 Å². The molecular formula is C16H21NO2. The molecule has 1 aromatic carbocycles. The number of rotatable bonds is 3. The minimum absolute atomic E-state index is 0.0369. The van der Waals surface area contributed by atoms with E-state index in [0.717, 1.165) is 24.9 Å². The first-order chi connectivity index (χ1) is 8.90. The molecule has 1 aromatic rings. The van der Waals surface area contributed by atoms with E-state index in [-0.39, 0.29) is 23.0 Å². The standard InChI is InChI=1S/C16H21NO2/c1-11(18)12-6-8-13(9-7-12)17-15(19)14-5-4-10-16(14,2)3/h6-9,14H,4-5,10H2,1-3H3,(H,17,19). The van der Waals surface area contributed by atoms with Gasteiger partial charge < -0.3 is 5.32 Å². The van der Waals surface area contributed by atoms with Crippen molar-refractivity contribution in [1.29, 1.82) is 0 Å². The highest BCUT2D eigenvalue weighted by Gasteiger charge is 2.39. The van der Waals surface area contributed by atoms with E-state index in [4.69, 9.17) is 0 Å². The number of carbonyl (C=O) groups excluding carboxylic acids is 2. The van der Waals surface area contributed by atoms with Crippen molar-refractivity contribution in [3.05, 3.63) is 29.8 Å². The summed E-state index contributed by atoms with van der Waals surface area (Å²) in [6, 6.07) is 7.07. The maximum atomic E-state index is 12.3. The lowest BCUT2D eigenvalue weighted by Gasteiger charge is -2.25. The quantitative estimate of drug-likeness (QED) is 0.842. The molecular weight excluding hydrogens is 238 g/mol. The van der Waals surface area contributed by atoms with Crippen LogP contribution in [0.2, 0.25) is 0 Å². The minimum atomic E-state index is 0.0369. The largest absolute Gasteiger partial charge is 0.326 e. The lowest BCUT2D eigenvalue weighted by molar-refractivity contribution is -0.122. The van der Waals surface area contributed by atoms with Gasteiger partial charge in [-0.15, -0.1) is 0 Å². The van der Waals surface area contributed by atoms with Gasteiger partial charge in [-0.2, -0.15) is 0 Å². The lowest BCUT2D eigenvalue weighted by atomic mass is 9.81. The molecule has 3 heteroatoms. The summed E-state index contributed by atoms with van der Waals surface area (Å²) in [7, 11) is 0. The molecule has 0 aromatic heterocycles. The number of hydrogen-bond acceptors (Lipinski definition) is 2. The molecule has 0 aliphatic heterocycles. The molecule has 1 saturated carbocycles. The van der Waals surface area contributed by atoms with Gasteiger partial charge in [0.25, 0.3) is 0 Å². The zero-order valence-corrected chi connectivity index (χ0v) is 11.8. The van der Waals surface area contributed by atoms with Crippen molar-refractivity contribution in [2.45, 2.75) is 40.0 Å². The number of hydrogen-bond donors (Lipinski definition) is 1. The fourth-order valence-corrected chi connectivity index (χ4v) is 2.83. The van der Waals surface area contributed by atoms with Crippen LogP contribution < -0.4 is 5.32 Å². The molecule has 2 rings (SSSR count). The van der Waals surface area contributed by atoms with Gasteiger partial charge in [-0.25, -0.2) is 0 Å². The van der Waals surface area contributed by atoms with Crippen LogP contribution in [0.15, 0.2) is 24.3 Å². The predicted octanol–water partition coefficient (Wildman–Crippen LogP) is 3.65. The van der Waals surface area contributed by atoms with Crippen LogP contribution in [0.1, 0.15) is 50.4 Å². The Balaban J connectivity index is 2.05. The van der Waals surface area contributed by atoms with Gasteiger partial charge in [-0.3, -0.25) is 9.59 Å². The summed E-state index contributed by atoms with van der Waals surface area (Å²) >= 11 is 0. The monoisotopic (exact) mass is 259 g/mol. The molecule has 0 radical (unpaired) electrons. The molecule has 3 nitrogen and oxygen atoms in total. The van der Waals surface area contributed by atoms with E-state index in [1.165, 1.54) is 6.92 Å². The van der Waals surface area contributed by atoms with E-state index < -0.39 is 0 Å². The fourth-order valence-electron chi connectivity index (χ4n) is 2.83. The molecule has 0 heterocycles. The Bertz CT molecular complexity index is 488. The molecule has 0 saturated heterocycles. The number of benzene rings is 1. The first-order valence-corrected chi connectivity index (χ1v) is 6.82. The second-order valence-corrected chi connectivity index (χ2v) is 6.06. The van der Waals surface area contributed by atoms with Crippen LogP contribution >= 0.6 is 0 Å². The van der Waals surface area contributed by atoms with Gasteiger partial charge in [0, 0.05) is 17.2 Å². The Morgan fingerprint density at radius 3 is 2.32 bits per heavy atom. The molecule has 19 heavy (non-hydrogen) atoms. The molecule has 102 valence electrons. The third-order valence-corrected chi connectivity index (χ3v) is 4.13. The Morgan fingerprint density at radius 2 is 1.84 bits per heavy atom. The van der Waals surface area contributed by atoms with Crippen molar-refractivity contribution in [3.63, 3.8) is 0 Å². The maximum absolute atomic E-state index is 12.3. The number of amides is 1. The van der Waals surface area contributed by atoms with Crippen LogP contribution in [-0.4, -0.2) is 11.7 Å². The smallest absolute Gasteiger partial charge is 0.228 e. The molecule has 1 atom stereocenters. The summed E-state index contributed by atoms with van der Waals surface area (Å²) in [6.45, 7) is 5.85. The van der Waals surface area contributed by atoms with Gasteiger partial charge in [0.2, 0.25) is 5.91 Å². The van der Waals surface area contributed by atoms with Crippen molar-refractivity contribution < 1.29 is 9.59 Å². The SMILES string of the molecule is CC(=O)c1ccc(NC(=O)C2CCCC2(C)C)cc1. The molecule has 1 aliphatic carbocycles. The third kappa shape index (κ3) is 3.03. The van der Waals surface area contributed by atoms with Gasteiger partial charge in [-0.05, 0) is 49.4 Å². The van der Waals surface area contributed by atoms with Crippen molar-refractivity contribution in [3.8, 4) is 0 Å². The fraction of sp³-hybridized carbons (Fsp3) is 0.500. The molecule has 1 amide bonds. The third-order valence-electron chi connectivity index (χ3n) is 4.13. The summed E-state index contributed by atoms with van der Waals surface area (Å²) in [4.78, 5) is 23.5. The van der Waals surface area contributed by atoms with Crippen LogP contribution in [0.5, 0.6) is 0 Å². The average Bonchev–Trinajstić information content (AvgIpc) is 2.69. The van der Waals surface area contributed by atoms with Gasteiger partial charge in [0.05, 0.1) is 0 Å². The van der Waals surface area contributed by atoms with Crippen molar-refractivity contribution >= 4 is 17.4 Å². The number of carbonyl (C=O) groups is 2. The van der Waals surface area contributed by atoms with Gasteiger partial charge in [0.1, 0.15) is 0 Å². The maximum Gasteiger partial charge on any atom is 0.228 e. The van der Waals surface area contributed by atoms with E-state index in [1.807, 2.05) is 0 Å². The number of Topliss-reactive ketones (excluding diaryl/α,β-unsaturated/α-hetero) is 1. The van der Waals surface area contributed by atoms with E-state index in [9.17, 15) is 9.59 Å². The normalized spacial score (nSPS) is 21.1. The highest BCUT2D eigenvalue weighted by Crippen LogP contribution is 2.42. The van der Waals surface area contributed by atoms with Crippen LogP contribution in [0.25, 0.3) is 0 Å². The zero-order chi connectivity index (χ0) is 14.0. The topological polar surface area (TPSA) is 46.2 Å². The Hall–Kier alpha value is -1.64. The first kappa shape index (κ1) is 13.8. The number of ketones is 1. The van der Waals surface area contributed by atoms with Gasteiger partial charge in [0.15, 0.2) is 5.78 Å². The average molecular weight is 259 g/mol. The van der Waals surface area contributed by atoms with E-state index in [0.29, 0.717) is 5.56 Å². The summed E-state index contributed by atoms with van der Waals surface area (Å²) in [5.74, 6) is 0.216. The highest BCUT2D eigenvalue weighted by atomic mass is 16.2. The van der Waals surface area contributed by atoms with Crippen molar-refractivity contribution in [2.75, 3.05) is 5.32 Å². The molecule has 1 N–H and O–H groups in total. The highest BCUT2D eigenvalue weighted by molar-refractivity contribution is 5.96. The van der Waals surface area contributed by atoms with Gasteiger partial charge >= 0.3 is 0 Å². The summed E-state index contributed by atoms with van der Waals surface area (Å²) in [5.41, 5.74) is 1.51. The molecule has 1 aliphatic rings. The molecule has 1 fully saturated rings. The second-order valence-electron chi connectivity index (χ2n) is 6.06. The Morgan fingerprint density at radius 1 is 1.21 bits per heavy atom. The Kier molecular flexibility index (Phi) is 3.74. The van der Waals surface area contributed by atoms with E-state index in [1.54, 1.807) is 24.3 Å². The van der Waals surface area contributed by atoms with E-state index >= 15 is 0 Å². The number of anilines is 1. The minimum Gasteiger partial charge on any atom is -0.326 e.